The van der Waals surface area contributed by atoms with Crippen molar-refractivity contribution in [1.82, 2.24) is 0 Å². The highest BCUT2D eigenvalue weighted by Crippen LogP contribution is 2.35. The van der Waals surface area contributed by atoms with Gasteiger partial charge in [0.05, 0.1) is 34.5 Å². The normalized spacial score (nSPS) is 11.7. The summed E-state index contributed by atoms with van der Waals surface area (Å²) < 4.78 is 82.9. The number of halogens is 6. The molecule has 2 aromatic carbocycles. The maximum Gasteiger partial charge on any atom is 0.436 e. The van der Waals surface area contributed by atoms with E-state index < -0.39 is 46.5 Å². The van der Waals surface area contributed by atoms with Gasteiger partial charge >= 0.3 is 18.4 Å². The van der Waals surface area contributed by atoms with E-state index in [9.17, 15) is 36.4 Å². The monoisotopic (exact) mass is 455 g/mol. The second-order valence-corrected chi connectivity index (χ2v) is 5.88. The largest absolute Gasteiger partial charge is 0.448 e. The number of hydrogen-bond acceptors (Lipinski definition) is 6. The van der Waals surface area contributed by atoms with Gasteiger partial charge in [0.15, 0.2) is 0 Å². The molecular weight excluding hydrogens is 444 g/mol. The van der Waals surface area contributed by atoms with Crippen LogP contribution in [0.4, 0.5) is 42.5 Å². The lowest BCUT2D eigenvalue weighted by atomic mass is 10.1. The summed E-state index contributed by atoms with van der Waals surface area (Å²) in [5.41, 5.74) is -4.46. The van der Waals surface area contributed by atoms with Gasteiger partial charge in [-0.05, 0) is 43.3 Å². The predicted molar refractivity (Wildman–Crippen MR) is 96.3 cm³/mol. The number of carbonyl (C=O) groups is 1. The van der Waals surface area contributed by atoms with Gasteiger partial charge in [-0.1, -0.05) is 5.22 Å². The minimum absolute atomic E-state index is 0.193. The van der Waals surface area contributed by atoms with E-state index in [-0.39, 0.29) is 17.2 Å². The smallest absolute Gasteiger partial charge is 0.436 e. The van der Waals surface area contributed by atoms with Crippen LogP contribution in [0.2, 0.25) is 0 Å². The Kier molecular flexibility index (Phi) is 7.05. The van der Waals surface area contributed by atoms with Crippen LogP contribution in [-0.4, -0.2) is 12.7 Å². The summed E-state index contributed by atoms with van der Waals surface area (Å²) in [5, 5.41) is 25.3. The van der Waals surface area contributed by atoms with E-state index in [4.69, 9.17) is 10.00 Å². The van der Waals surface area contributed by atoms with Crippen LogP contribution >= 0.6 is 0 Å². The molecule has 0 N–H and O–H groups in total. The third-order valence-corrected chi connectivity index (χ3v) is 3.80. The first-order valence-electron chi connectivity index (χ1n) is 8.53. The topological polar surface area (TPSA) is 102 Å². The molecule has 0 aromatic heterocycles. The Labute approximate surface area is 176 Å². The molecule has 0 heterocycles. The van der Waals surface area contributed by atoms with Gasteiger partial charge in [0, 0.05) is 0 Å². The number of ether oxygens (including phenoxy) is 1. The zero-order chi connectivity index (χ0) is 24.1. The van der Waals surface area contributed by atoms with Gasteiger partial charge in [-0.15, -0.1) is 10.1 Å². The Morgan fingerprint density at radius 1 is 0.969 bits per heavy atom. The highest BCUT2D eigenvalue weighted by molar-refractivity contribution is 5.88. The molecule has 0 aliphatic rings. The van der Waals surface area contributed by atoms with Crippen LogP contribution < -0.4 is 5.01 Å². The van der Waals surface area contributed by atoms with E-state index >= 15 is 0 Å². The standard InChI is InChI=1S/C19H11F6N5O2/c1-2-32-17(31)30(16-8-14(19(23,24)25)6-4-12(16)10-27)29-28-15-7-13(18(20,21)22)5-3-11(15)9-26/h3-8H,2H2,1H3/b29-28+. The number of nitrogens with zero attached hydrogens (tertiary/aromatic N) is 5. The molecule has 7 nitrogen and oxygen atoms in total. The quantitative estimate of drug-likeness (QED) is 0.314. The summed E-state index contributed by atoms with van der Waals surface area (Å²) in [4.78, 5) is 12.3. The molecule has 0 saturated carbocycles. The third-order valence-electron chi connectivity index (χ3n) is 3.80. The second-order valence-electron chi connectivity index (χ2n) is 5.88. The molecule has 32 heavy (non-hydrogen) atoms. The maximum absolute atomic E-state index is 13.1. The third kappa shape index (κ3) is 5.51. The fraction of sp³-hybridized carbons (Fsp3) is 0.211. The lowest BCUT2D eigenvalue weighted by molar-refractivity contribution is -0.138. The van der Waals surface area contributed by atoms with Crippen LogP contribution in [0.3, 0.4) is 0 Å². The predicted octanol–water partition coefficient (Wildman–Crippen LogP) is 6.13. The molecular formula is C19H11F6N5O2. The fourth-order valence-electron chi connectivity index (χ4n) is 2.32. The van der Waals surface area contributed by atoms with E-state index in [1.165, 1.54) is 6.92 Å². The number of anilines is 1. The van der Waals surface area contributed by atoms with Gasteiger partial charge in [0.2, 0.25) is 0 Å². The average molecular weight is 455 g/mol. The molecule has 0 unspecified atom stereocenters. The lowest BCUT2D eigenvalue weighted by Crippen LogP contribution is -2.27. The van der Waals surface area contributed by atoms with E-state index in [0.29, 0.717) is 24.3 Å². The number of carbonyl (C=O) groups excluding carboxylic acids is 1. The summed E-state index contributed by atoms with van der Waals surface area (Å²) in [5.74, 6) is 0. The Morgan fingerprint density at radius 3 is 2.00 bits per heavy atom. The van der Waals surface area contributed by atoms with E-state index in [1.807, 2.05) is 0 Å². The summed E-state index contributed by atoms with van der Waals surface area (Å²) in [7, 11) is 0. The molecule has 0 fully saturated rings. The Hall–Kier alpha value is -4.13. The van der Waals surface area contributed by atoms with Crippen molar-refractivity contribution in [1.29, 1.82) is 10.5 Å². The molecule has 2 rings (SSSR count). The summed E-state index contributed by atoms with van der Waals surface area (Å²) in [6.45, 7) is 1.14. The molecule has 0 atom stereocenters. The molecule has 0 spiro atoms. The Morgan fingerprint density at radius 2 is 1.50 bits per heavy atom. The molecule has 13 heteroatoms. The molecule has 1 amide bonds. The van der Waals surface area contributed by atoms with Crippen molar-refractivity contribution in [3.8, 4) is 12.1 Å². The van der Waals surface area contributed by atoms with Crippen molar-refractivity contribution in [2.45, 2.75) is 19.3 Å². The van der Waals surface area contributed by atoms with E-state index in [0.717, 1.165) is 12.1 Å². The highest BCUT2D eigenvalue weighted by atomic mass is 19.4. The van der Waals surface area contributed by atoms with Gasteiger partial charge in [-0.2, -0.15) is 36.9 Å². The first-order chi connectivity index (χ1) is 14.9. The van der Waals surface area contributed by atoms with Crippen LogP contribution in [0.5, 0.6) is 0 Å². The van der Waals surface area contributed by atoms with Crippen LogP contribution in [-0.2, 0) is 17.1 Å². The minimum atomic E-state index is -4.84. The molecule has 0 aliphatic carbocycles. The van der Waals surface area contributed by atoms with E-state index in [1.54, 1.807) is 12.1 Å². The van der Waals surface area contributed by atoms with Crippen LogP contribution in [0.25, 0.3) is 0 Å². The molecule has 0 bridgehead atoms. The van der Waals surface area contributed by atoms with Gasteiger partial charge in [-0.3, -0.25) is 0 Å². The summed E-state index contributed by atoms with van der Waals surface area (Å²) in [6, 6.07) is 6.91. The van der Waals surface area contributed by atoms with Gasteiger partial charge in [0.25, 0.3) is 0 Å². The molecule has 2 aromatic rings. The first-order valence-corrected chi connectivity index (χ1v) is 8.53. The average Bonchev–Trinajstić information content (AvgIpc) is 2.72. The minimum Gasteiger partial charge on any atom is -0.448 e. The number of amides is 1. The fourth-order valence-corrected chi connectivity index (χ4v) is 2.32. The zero-order valence-electron chi connectivity index (χ0n) is 16.0. The summed E-state index contributed by atoms with van der Waals surface area (Å²) >= 11 is 0. The number of alkyl halides is 6. The first kappa shape index (κ1) is 24.1. The Balaban J connectivity index is 2.65. The SMILES string of the molecule is CCOC(=O)N(/N=N/c1cc(C(F)(F)F)ccc1C#N)c1cc(C(F)(F)F)ccc1C#N. The van der Waals surface area contributed by atoms with Crippen LogP contribution in [0, 0.1) is 22.7 Å². The van der Waals surface area contributed by atoms with Crippen LogP contribution in [0.1, 0.15) is 29.2 Å². The van der Waals surface area contributed by atoms with Gasteiger partial charge in [-0.25, -0.2) is 4.79 Å². The second kappa shape index (κ2) is 9.34. The maximum atomic E-state index is 13.1. The van der Waals surface area contributed by atoms with Crippen molar-refractivity contribution < 1.29 is 35.9 Å². The lowest BCUT2D eigenvalue weighted by Gasteiger charge is -2.18. The van der Waals surface area contributed by atoms with Crippen molar-refractivity contribution in [3.63, 3.8) is 0 Å². The van der Waals surface area contributed by atoms with E-state index in [2.05, 4.69) is 10.3 Å². The van der Waals surface area contributed by atoms with Crippen LogP contribution in [0.15, 0.2) is 46.7 Å². The Bertz CT molecular complexity index is 1130. The number of rotatable bonds is 4. The zero-order valence-corrected chi connectivity index (χ0v) is 16.0. The van der Waals surface area contributed by atoms with Gasteiger partial charge in [0.1, 0.15) is 17.8 Å². The number of hydrogen-bond donors (Lipinski definition) is 0. The molecule has 0 saturated heterocycles. The molecule has 166 valence electrons. The highest BCUT2D eigenvalue weighted by Gasteiger charge is 2.33. The van der Waals surface area contributed by atoms with Crippen molar-refractivity contribution >= 4 is 17.5 Å². The number of nitriles is 2. The van der Waals surface area contributed by atoms with Gasteiger partial charge < -0.3 is 4.74 Å². The molecule has 0 aliphatic heterocycles. The number of benzene rings is 2. The summed E-state index contributed by atoms with van der Waals surface area (Å²) in [6.07, 6.45) is -11.0. The van der Waals surface area contributed by atoms with Crippen molar-refractivity contribution in [3.05, 3.63) is 58.7 Å². The van der Waals surface area contributed by atoms with Crippen molar-refractivity contribution in [2.75, 3.05) is 11.6 Å². The molecule has 0 radical (unpaired) electrons. The van der Waals surface area contributed by atoms with Crippen molar-refractivity contribution in [2.24, 2.45) is 10.3 Å².